The van der Waals surface area contributed by atoms with E-state index in [2.05, 4.69) is 66.6 Å². The van der Waals surface area contributed by atoms with Crippen molar-refractivity contribution in [2.75, 3.05) is 19.3 Å². The molecule has 16 rings (SSSR count). The third-order valence-corrected chi connectivity index (χ3v) is 26.4. The number of piperidine rings is 1. The van der Waals surface area contributed by atoms with Crippen LogP contribution in [0.3, 0.4) is 0 Å². The first-order valence-electron chi connectivity index (χ1n) is 35.8. The van der Waals surface area contributed by atoms with Crippen molar-refractivity contribution in [3.8, 4) is 0 Å². The van der Waals surface area contributed by atoms with E-state index in [1.165, 1.54) is 56.0 Å². The molecule has 24 heteroatoms. The number of aliphatic hydroxyl groups is 5. The fraction of sp³-hybridized carbons (Fsp3) is 0.545. The second kappa shape index (κ2) is 30.7. The standard InChI is InChI=1S/C17H24ClN3O3S.C16H21ClN2O.C15H17ClN2O.C15H18ClNO.C14H16ClFN2O/c1-17(2,12-4-6-21(7-5-12)25(3,23)24)16(22)14-9-13(18)8-11-10-19-20-15(11)14;1-2-10-3-5-11(6-4-10)16(20)14-8-13(17)7-12-9-18-19-15(12)14;16-11-4-9-8-17-18-13(9)12(5-11)14(19)10-6-15(7-10)2-1-3-15;1-15(2)5-10(6-15)14(18)12-4-11(16)3-9-7-17-8-13(9)12;1-8(16)14(3-2-4-14)13(19)11-6-10(15)5-9-7-17-18-12(9)11/h8-10,12,16,22H,4-7H2,1-3H3,(H,19,20);7-11,16,20H,2-6H2,1H3,(H,18,19);4-5,8,10,14,19H,1-3,6-7H2,(H,17,18);3-4,7,10,14,18H,5-6,8H2,1-2H3;5-8,13,19H,2-4H2,1H3,(H,17,18). The number of aromatic amines is 4. The lowest BCUT2D eigenvalue weighted by Crippen LogP contribution is -2.44. The summed E-state index contributed by atoms with van der Waals surface area (Å²) >= 11 is 30.7. The van der Waals surface area contributed by atoms with Crippen molar-refractivity contribution < 1.29 is 38.3 Å². The van der Waals surface area contributed by atoms with Gasteiger partial charge in [0.15, 0.2) is 0 Å². The quantitative estimate of drug-likeness (QED) is 0.0494. The lowest BCUT2D eigenvalue weighted by atomic mass is 9.50. The second-order valence-electron chi connectivity index (χ2n) is 31.5. The van der Waals surface area contributed by atoms with Crippen LogP contribution < -0.4 is 0 Å². The van der Waals surface area contributed by atoms with Gasteiger partial charge in [-0.2, -0.15) is 20.4 Å². The molecule has 7 aliphatic rings. The highest BCUT2D eigenvalue weighted by Crippen LogP contribution is 2.62. The summed E-state index contributed by atoms with van der Waals surface area (Å²) in [5, 5.41) is 88.3. The van der Waals surface area contributed by atoms with Crippen molar-refractivity contribution in [3.05, 3.63) is 150 Å². The fourth-order valence-electron chi connectivity index (χ4n) is 17.5. The number of sulfonamides is 1. The lowest BCUT2D eigenvalue weighted by molar-refractivity contribution is -0.0858. The van der Waals surface area contributed by atoms with E-state index in [-0.39, 0.29) is 5.92 Å². The highest BCUT2D eigenvalue weighted by molar-refractivity contribution is 7.88. The molecular weight excluding hydrogens is 1410 g/mol. The molecule has 0 radical (unpaired) electrons. The van der Waals surface area contributed by atoms with Crippen LogP contribution in [0.15, 0.2) is 90.4 Å². The van der Waals surface area contributed by atoms with Crippen LogP contribution in [-0.4, -0.2) is 111 Å². The van der Waals surface area contributed by atoms with Crippen molar-refractivity contribution in [2.24, 2.45) is 56.2 Å². The van der Waals surface area contributed by atoms with Crippen molar-refractivity contribution in [1.29, 1.82) is 0 Å². The topological polar surface area (TPSA) is 266 Å². The smallest absolute Gasteiger partial charge is 0.211 e. The molecule has 544 valence electrons. The molecule has 5 saturated carbocycles. The minimum Gasteiger partial charge on any atom is -0.388 e. The monoisotopic (exact) mass is 1500 g/mol. The Hall–Kier alpha value is -5.26. The van der Waals surface area contributed by atoms with Gasteiger partial charge >= 0.3 is 0 Å². The number of hydrogen-bond acceptors (Lipinski definition) is 12. The minimum atomic E-state index is -3.15. The van der Waals surface area contributed by atoms with Gasteiger partial charge in [-0.15, -0.1) is 0 Å². The van der Waals surface area contributed by atoms with Crippen LogP contribution in [-0.2, 0) is 16.6 Å². The van der Waals surface area contributed by atoms with Gasteiger partial charge in [-0.05, 0) is 207 Å². The summed E-state index contributed by atoms with van der Waals surface area (Å²) in [6.45, 7) is 14.0. The number of aliphatic imine (C=N–C) groups is 1. The highest BCUT2D eigenvalue weighted by atomic mass is 35.5. The summed E-state index contributed by atoms with van der Waals surface area (Å²) in [5.74, 6) is 2.12. The van der Waals surface area contributed by atoms with Crippen LogP contribution in [0, 0.1) is 51.2 Å². The average molecular weight is 1500 g/mol. The van der Waals surface area contributed by atoms with Crippen molar-refractivity contribution in [1.82, 2.24) is 45.1 Å². The molecule has 4 aromatic heterocycles. The van der Waals surface area contributed by atoms with Gasteiger partial charge in [0.25, 0.3) is 0 Å². The molecule has 5 aromatic carbocycles. The van der Waals surface area contributed by atoms with Gasteiger partial charge in [0.1, 0.15) is 6.17 Å². The maximum absolute atomic E-state index is 13.9. The Bertz CT molecular complexity index is 4520. The van der Waals surface area contributed by atoms with Crippen LogP contribution in [0.1, 0.15) is 220 Å². The van der Waals surface area contributed by atoms with E-state index >= 15 is 0 Å². The number of rotatable bonds is 14. The van der Waals surface area contributed by atoms with Crippen molar-refractivity contribution in [2.45, 2.75) is 194 Å². The van der Waals surface area contributed by atoms with E-state index in [0.29, 0.717) is 91.7 Å². The highest BCUT2D eigenvalue weighted by Gasteiger charge is 2.52. The van der Waals surface area contributed by atoms with E-state index in [1.54, 1.807) is 43.0 Å². The summed E-state index contributed by atoms with van der Waals surface area (Å²) in [7, 11) is -3.15. The first-order valence-corrected chi connectivity index (χ1v) is 39.5. The summed E-state index contributed by atoms with van der Waals surface area (Å²) in [6.07, 6.45) is 24.3. The fourth-order valence-corrected chi connectivity index (χ4v) is 19.6. The van der Waals surface area contributed by atoms with E-state index in [4.69, 9.17) is 58.0 Å². The predicted molar refractivity (Wildman–Crippen MR) is 403 cm³/mol. The summed E-state index contributed by atoms with van der Waals surface area (Å²) in [4.78, 5) is 4.27. The number of nitrogens with zero attached hydrogens (tertiary/aromatic N) is 6. The normalized spacial score (nSPS) is 22.7. The van der Waals surface area contributed by atoms with E-state index < -0.39 is 57.5 Å². The van der Waals surface area contributed by atoms with Crippen LogP contribution in [0.4, 0.5) is 4.39 Å². The Morgan fingerprint density at radius 2 is 0.990 bits per heavy atom. The molecule has 6 fully saturated rings. The number of aromatic nitrogens is 8. The van der Waals surface area contributed by atoms with Gasteiger partial charge < -0.3 is 25.5 Å². The molecule has 2 aliphatic heterocycles. The Morgan fingerprint density at radius 1 is 0.574 bits per heavy atom. The molecule has 1 spiro atoms. The van der Waals surface area contributed by atoms with Crippen LogP contribution in [0.5, 0.6) is 0 Å². The molecule has 9 N–H and O–H groups in total. The van der Waals surface area contributed by atoms with Gasteiger partial charge in [0.05, 0.1) is 90.2 Å². The molecule has 6 heterocycles. The van der Waals surface area contributed by atoms with E-state index in [0.717, 1.165) is 141 Å². The lowest BCUT2D eigenvalue weighted by Gasteiger charge is -2.55. The number of hydrogen-bond donors (Lipinski definition) is 9. The second-order valence-corrected chi connectivity index (χ2v) is 35.7. The Kier molecular flexibility index (Phi) is 22.9. The molecule has 5 aliphatic carbocycles. The molecule has 1 saturated heterocycles. The first kappa shape index (κ1) is 75.4. The summed E-state index contributed by atoms with van der Waals surface area (Å²) in [6, 6.07) is 18.4. The average Bonchev–Trinajstić information content (AvgIpc) is 1.76. The third kappa shape index (κ3) is 16.1. The van der Waals surface area contributed by atoms with Crippen LogP contribution in [0.25, 0.3) is 43.6 Å². The Morgan fingerprint density at radius 3 is 1.43 bits per heavy atom. The number of aliphatic hydroxyl groups excluding tert-OH is 5. The Labute approximate surface area is 616 Å². The molecule has 0 amide bonds. The molecule has 6 atom stereocenters. The van der Waals surface area contributed by atoms with Crippen LogP contribution in [0.2, 0.25) is 25.1 Å². The molecule has 6 unspecified atom stereocenters. The zero-order valence-electron chi connectivity index (χ0n) is 58.6. The largest absolute Gasteiger partial charge is 0.388 e. The molecular formula is C77H96Cl5FN10O7S. The number of fused-ring (bicyclic) bond motifs is 5. The molecule has 0 bridgehead atoms. The number of H-pyrrole nitrogens is 4. The van der Waals surface area contributed by atoms with E-state index in [9.17, 15) is 38.3 Å². The summed E-state index contributed by atoms with van der Waals surface area (Å²) < 4.78 is 38.9. The van der Waals surface area contributed by atoms with Gasteiger partial charge in [-0.3, -0.25) is 25.4 Å². The van der Waals surface area contributed by atoms with Gasteiger partial charge in [-0.25, -0.2) is 17.1 Å². The zero-order chi connectivity index (χ0) is 72.1. The van der Waals surface area contributed by atoms with Gasteiger partial charge in [-0.1, -0.05) is 125 Å². The number of halogens is 6. The van der Waals surface area contributed by atoms with Crippen LogP contribution >= 0.6 is 58.0 Å². The number of alkyl halides is 1. The predicted octanol–water partition coefficient (Wildman–Crippen LogP) is 18.8. The van der Waals surface area contributed by atoms with Gasteiger partial charge in [0, 0.05) is 93.6 Å². The third-order valence-electron chi connectivity index (χ3n) is 24.0. The maximum Gasteiger partial charge on any atom is 0.211 e. The van der Waals surface area contributed by atoms with Crippen molar-refractivity contribution in [3.63, 3.8) is 0 Å². The molecule has 17 nitrogen and oxygen atoms in total. The van der Waals surface area contributed by atoms with Gasteiger partial charge in [0.2, 0.25) is 10.0 Å². The number of benzene rings is 5. The van der Waals surface area contributed by atoms with Crippen molar-refractivity contribution >= 4 is 118 Å². The summed E-state index contributed by atoms with van der Waals surface area (Å²) in [5.41, 5.74) is 9.59. The Balaban J connectivity index is 0.000000120. The zero-order valence-corrected chi connectivity index (χ0v) is 63.2. The SMILES string of the molecule is CC(C)(C1CCN(S(C)(=O)=O)CC1)C(O)c1cc(Cl)cc2cn[nH]c12.CC(F)C1(C(O)c2cc(Cl)cc3cn[nH]c23)CCC1.CC1(C)CC(C(O)c2cc(Cl)cc3c2CN=C3)C1.CCC1CCC(C(O)c2cc(Cl)cc3cn[nH]c23)CC1.OC(c1cc(Cl)cc2cn[nH]c12)C1CC2(CCC2)C1. The first-order chi connectivity index (χ1) is 48.0. The maximum atomic E-state index is 13.9. The minimum absolute atomic E-state index is 0.206. The molecule has 101 heavy (non-hydrogen) atoms. The number of nitrogens with one attached hydrogen (secondary N) is 4. The van der Waals surface area contributed by atoms with E-state index in [1.807, 2.05) is 62.5 Å². The molecule has 9 aromatic rings.